The van der Waals surface area contributed by atoms with Crippen LogP contribution in [0.15, 0.2) is 54.6 Å². The van der Waals surface area contributed by atoms with Crippen LogP contribution in [-0.4, -0.2) is 29.4 Å². The van der Waals surface area contributed by atoms with E-state index in [0.29, 0.717) is 5.56 Å². The van der Waals surface area contributed by atoms with E-state index in [2.05, 4.69) is 24.3 Å². The standard InChI is InChI=1S/C23H19N3O/c1-26(14-13-24)23(27)21-18-9-5-6-10-20(18)25-22-17(11-12-19(21)22)15-16-7-3-2-4-8-16/h2-10,15H,11-12,14H2,1H3. The lowest BCUT2D eigenvalue weighted by Crippen LogP contribution is -2.28. The molecule has 0 bridgehead atoms. The number of rotatable bonds is 3. The minimum Gasteiger partial charge on any atom is -0.328 e. The number of nitrogens with zero attached hydrogens (tertiary/aromatic N) is 3. The van der Waals surface area contributed by atoms with Gasteiger partial charge in [-0.15, -0.1) is 0 Å². The summed E-state index contributed by atoms with van der Waals surface area (Å²) in [6.45, 7) is 0.0664. The van der Waals surface area contributed by atoms with Crippen molar-refractivity contribution in [1.82, 2.24) is 9.88 Å². The number of nitriles is 1. The molecule has 1 aliphatic rings. The Morgan fingerprint density at radius 2 is 1.89 bits per heavy atom. The van der Waals surface area contributed by atoms with Crippen LogP contribution in [0.3, 0.4) is 0 Å². The van der Waals surface area contributed by atoms with Crippen molar-refractivity contribution < 1.29 is 4.79 Å². The first-order valence-electron chi connectivity index (χ1n) is 8.99. The number of allylic oxidation sites excluding steroid dienone is 1. The predicted octanol–water partition coefficient (Wildman–Crippen LogP) is 4.32. The zero-order valence-corrected chi connectivity index (χ0v) is 15.1. The van der Waals surface area contributed by atoms with Gasteiger partial charge in [-0.2, -0.15) is 5.26 Å². The number of benzene rings is 2. The maximum absolute atomic E-state index is 13.1. The van der Waals surface area contributed by atoms with Crippen molar-refractivity contribution in [2.45, 2.75) is 12.8 Å². The second-order valence-corrected chi connectivity index (χ2v) is 6.73. The highest BCUT2D eigenvalue weighted by Crippen LogP contribution is 2.37. The molecule has 0 unspecified atom stereocenters. The van der Waals surface area contributed by atoms with Gasteiger partial charge in [0.05, 0.1) is 22.8 Å². The molecule has 1 aromatic heterocycles. The highest BCUT2D eigenvalue weighted by molar-refractivity contribution is 6.09. The van der Waals surface area contributed by atoms with Gasteiger partial charge in [-0.1, -0.05) is 48.5 Å². The Hall–Kier alpha value is -3.45. The highest BCUT2D eigenvalue weighted by Gasteiger charge is 2.28. The molecule has 4 rings (SSSR count). The maximum Gasteiger partial charge on any atom is 0.255 e. The van der Waals surface area contributed by atoms with Crippen LogP contribution in [0, 0.1) is 11.3 Å². The topological polar surface area (TPSA) is 57.0 Å². The minimum absolute atomic E-state index is 0.0664. The highest BCUT2D eigenvalue weighted by atomic mass is 16.2. The molecule has 0 atom stereocenters. The third-order valence-corrected chi connectivity index (χ3v) is 4.95. The SMILES string of the molecule is CN(CC#N)C(=O)c1c2c(nc3ccccc13)C(=Cc1ccccc1)CC2. The Kier molecular flexibility index (Phi) is 4.43. The molecule has 132 valence electrons. The lowest BCUT2D eigenvalue weighted by Gasteiger charge is -2.17. The number of carbonyl (C=O) groups excluding carboxylic acids is 1. The van der Waals surface area contributed by atoms with Gasteiger partial charge in [-0.3, -0.25) is 4.79 Å². The largest absolute Gasteiger partial charge is 0.328 e. The Morgan fingerprint density at radius 3 is 2.67 bits per heavy atom. The van der Waals surface area contributed by atoms with E-state index in [4.69, 9.17) is 10.2 Å². The average Bonchev–Trinajstić information content (AvgIpc) is 3.09. The van der Waals surface area contributed by atoms with E-state index in [1.807, 2.05) is 42.5 Å². The van der Waals surface area contributed by atoms with Gasteiger partial charge in [0, 0.05) is 12.4 Å². The third kappa shape index (κ3) is 3.09. The van der Waals surface area contributed by atoms with Gasteiger partial charge in [0.15, 0.2) is 0 Å². The van der Waals surface area contributed by atoms with Gasteiger partial charge in [0.2, 0.25) is 0 Å². The fourth-order valence-electron chi connectivity index (χ4n) is 3.64. The average molecular weight is 353 g/mol. The molecule has 1 aliphatic carbocycles. The van der Waals surface area contributed by atoms with Gasteiger partial charge in [0.1, 0.15) is 6.54 Å². The molecular weight excluding hydrogens is 334 g/mol. The van der Waals surface area contributed by atoms with E-state index in [1.54, 1.807) is 7.05 Å². The van der Waals surface area contributed by atoms with Gasteiger partial charge >= 0.3 is 0 Å². The summed E-state index contributed by atoms with van der Waals surface area (Å²) in [6.07, 6.45) is 3.80. The van der Waals surface area contributed by atoms with Crippen LogP contribution in [0.5, 0.6) is 0 Å². The third-order valence-electron chi connectivity index (χ3n) is 4.95. The van der Waals surface area contributed by atoms with Crippen molar-refractivity contribution in [3.05, 3.63) is 77.0 Å². The molecular formula is C23H19N3O. The van der Waals surface area contributed by atoms with E-state index in [1.165, 1.54) is 4.90 Å². The van der Waals surface area contributed by atoms with Crippen LogP contribution < -0.4 is 0 Å². The number of hydrogen-bond acceptors (Lipinski definition) is 3. The summed E-state index contributed by atoms with van der Waals surface area (Å²) in [4.78, 5) is 19.5. The van der Waals surface area contributed by atoms with Crippen LogP contribution in [0.2, 0.25) is 0 Å². The Labute approximate surface area is 158 Å². The molecule has 0 fully saturated rings. The van der Waals surface area contributed by atoms with Crippen molar-refractivity contribution in [2.24, 2.45) is 0 Å². The molecule has 4 heteroatoms. The Morgan fingerprint density at radius 1 is 1.15 bits per heavy atom. The molecule has 0 saturated carbocycles. The van der Waals surface area contributed by atoms with Crippen LogP contribution in [0.4, 0.5) is 0 Å². The van der Waals surface area contributed by atoms with Gasteiger partial charge in [0.25, 0.3) is 5.91 Å². The molecule has 0 spiro atoms. The second kappa shape index (κ2) is 7.05. The monoisotopic (exact) mass is 353 g/mol. The number of pyridine rings is 1. The van der Waals surface area contributed by atoms with E-state index < -0.39 is 0 Å². The van der Waals surface area contributed by atoms with Crippen LogP contribution in [0.1, 0.15) is 33.6 Å². The number of carbonyl (C=O) groups is 1. The number of fused-ring (bicyclic) bond motifs is 2. The number of aromatic nitrogens is 1. The van der Waals surface area contributed by atoms with Crippen molar-refractivity contribution in [1.29, 1.82) is 5.26 Å². The van der Waals surface area contributed by atoms with Crippen molar-refractivity contribution in [2.75, 3.05) is 13.6 Å². The lowest BCUT2D eigenvalue weighted by molar-refractivity contribution is 0.0813. The van der Waals surface area contributed by atoms with Gasteiger partial charge < -0.3 is 4.90 Å². The Bertz CT molecular complexity index is 1090. The first-order chi connectivity index (χ1) is 13.2. The first kappa shape index (κ1) is 17.0. The fourth-order valence-corrected chi connectivity index (χ4v) is 3.64. The summed E-state index contributed by atoms with van der Waals surface area (Å²) >= 11 is 0. The summed E-state index contributed by atoms with van der Waals surface area (Å²) in [5, 5.41) is 9.83. The summed E-state index contributed by atoms with van der Waals surface area (Å²) in [5.74, 6) is -0.118. The summed E-state index contributed by atoms with van der Waals surface area (Å²) in [7, 11) is 1.67. The van der Waals surface area contributed by atoms with Crippen molar-refractivity contribution in [3.63, 3.8) is 0 Å². The van der Waals surface area contributed by atoms with Crippen LogP contribution in [-0.2, 0) is 6.42 Å². The smallest absolute Gasteiger partial charge is 0.255 e. The van der Waals surface area contributed by atoms with Crippen molar-refractivity contribution >= 4 is 28.5 Å². The van der Waals surface area contributed by atoms with Gasteiger partial charge in [-0.05, 0) is 41.7 Å². The molecule has 1 amide bonds. The normalized spacial score (nSPS) is 14.1. The lowest BCUT2D eigenvalue weighted by atomic mass is 9.99. The van der Waals surface area contributed by atoms with Crippen LogP contribution in [0.25, 0.3) is 22.6 Å². The molecule has 0 N–H and O–H groups in total. The van der Waals surface area contributed by atoms with E-state index in [0.717, 1.165) is 46.1 Å². The zero-order valence-electron chi connectivity index (χ0n) is 15.1. The summed E-state index contributed by atoms with van der Waals surface area (Å²) in [6, 6.07) is 20.0. The number of para-hydroxylation sites is 1. The van der Waals surface area contributed by atoms with Crippen LogP contribution >= 0.6 is 0 Å². The van der Waals surface area contributed by atoms with E-state index in [-0.39, 0.29) is 12.5 Å². The van der Waals surface area contributed by atoms with E-state index in [9.17, 15) is 4.79 Å². The molecule has 0 saturated heterocycles. The van der Waals surface area contributed by atoms with Gasteiger partial charge in [-0.25, -0.2) is 4.98 Å². The molecule has 1 heterocycles. The molecule has 2 aromatic carbocycles. The fraction of sp³-hybridized carbons (Fsp3) is 0.174. The van der Waals surface area contributed by atoms with Crippen molar-refractivity contribution in [3.8, 4) is 6.07 Å². The number of amides is 1. The molecule has 27 heavy (non-hydrogen) atoms. The number of hydrogen-bond donors (Lipinski definition) is 0. The molecule has 3 aromatic rings. The second-order valence-electron chi connectivity index (χ2n) is 6.73. The summed E-state index contributed by atoms with van der Waals surface area (Å²) in [5.41, 5.74) is 5.68. The quantitative estimate of drug-likeness (QED) is 0.659. The first-order valence-corrected chi connectivity index (χ1v) is 8.99. The Balaban J connectivity index is 1.91. The minimum atomic E-state index is -0.118. The molecule has 0 radical (unpaired) electrons. The van der Waals surface area contributed by atoms with E-state index >= 15 is 0 Å². The predicted molar refractivity (Wildman–Crippen MR) is 107 cm³/mol. The maximum atomic E-state index is 13.1. The zero-order chi connectivity index (χ0) is 18.8. The summed E-state index contributed by atoms with van der Waals surface area (Å²) < 4.78 is 0. The molecule has 0 aliphatic heterocycles. The molecule has 4 nitrogen and oxygen atoms in total.